The Labute approximate surface area is 145 Å². The smallest absolute Gasteiger partial charge is 0.230 e. The molecule has 24 heavy (non-hydrogen) atoms. The van der Waals surface area contributed by atoms with Gasteiger partial charge in [-0.1, -0.05) is 32.9 Å². The Kier molecular flexibility index (Phi) is 8.55. The molecule has 0 fully saturated rings. The molecule has 4 nitrogen and oxygen atoms in total. The van der Waals surface area contributed by atoms with Gasteiger partial charge in [0.15, 0.2) is 0 Å². The topological polar surface area (TPSA) is 36.9 Å². The summed E-state index contributed by atoms with van der Waals surface area (Å²) in [5.41, 5.74) is 2.10. The molecule has 2 rings (SSSR count). The van der Waals surface area contributed by atoms with Gasteiger partial charge in [0.05, 0.1) is 14.2 Å². The van der Waals surface area contributed by atoms with E-state index in [4.69, 9.17) is 18.9 Å². The lowest BCUT2D eigenvalue weighted by Gasteiger charge is -2.14. The Morgan fingerprint density at radius 3 is 2.12 bits per heavy atom. The number of aryl methyl sites for hydroxylation is 1. The molecular weight excluding hydrogens is 304 g/mol. The molecule has 4 heteroatoms. The Morgan fingerprint density at radius 2 is 1.50 bits per heavy atom. The molecule has 0 heterocycles. The van der Waals surface area contributed by atoms with E-state index in [-0.39, 0.29) is 6.79 Å². The molecule has 0 amide bonds. The van der Waals surface area contributed by atoms with Gasteiger partial charge in [-0.15, -0.1) is 0 Å². The van der Waals surface area contributed by atoms with Crippen molar-refractivity contribution in [1.29, 1.82) is 0 Å². The lowest BCUT2D eigenvalue weighted by atomic mass is 10.1. The second-order valence-electron chi connectivity index (χ2n) is 4.83. The van der Waals surface area contributed by atoms with Crippen LogP contribution in [0.1, 0.15) is 31.9 Å². The number of benzene rings is 2. The molecule has 0 aliphatic carbocycles. The monoisotopic (exact) mass is 332 g/mol. The first-order valence-corrected chi connectivity index (χ1v) is 8.25. The minimum atomic E-state index is 0.131. The van der Waals surface area contributed by atoms with Crippen LogP contribution in [0.4, 0.5) is 0 Å². The predicted molar refractivity (Wildman–Crippen MR) is 97.6 cm³/mol. The van der Waals surface area contributed by atoms with Gasteiger partial charge in [0.2, 0.25) is 6.79 Å². The molecule has 0 spiro atoms. The summed E-state index contributed by atoms with van der Waals surface area (Å²) in [6.45, 7) is 8.19. The van der Waals surface area contributed by atoms with Crippen molar-refractivity contribution in [1.82, 2.24) is 0 Å². The van der Waals surface area contributed by atoms with Crippen LogP contribution in [-0.2, 0) is 6.42 Å². The average molecular weight is 332 g/mol. The number of rotatable bonds is 7. The Bertz CT molecular complexity index is 623. The Morgan fingerprint density at radius 1 is 0.833 bits per heavy atom. The standard InChI is InChI=1S/C18H22O4.C2H6/c1-5-15-16(19-3)7-6-8-17(15)22-12-21-14-10-9-13(2)18(11-14)20-4;1-2/h6-11H,5,12H2,1-4H3;1-2H3. The number of hydrogen-bond acceptors (Lipinski definition) is 4. The van der Waals surface area contributed by atoms with Crippen LogP contribution in [-0.4, -0.2) is 21.0 Å². The van der Waals surface area contributed by atoms with Crippen LogP contribution < -0.4 is 18.9 Å². The van der Waals surface area contributed by atoms with Gasteiger partial charge in [0.25, 0.3) is 0 Å². The molecule has 132 valence electrons. The van der Waals surface area contributed by atoms with Gasteiger partial charge in [-0.25, -0.2) is 0 Å². The molecule has 0 aliphatic heterocycles. The predicted octanol–water partition coefficient (Wildman–Crippen LogP) is 5.02. The van der Waals surface area contributed by atoms with E-state index in [1.807, 2.05) is 57.2 Å². The number of hydrogen-bond donors (Lipinski definition) is 0. The van der Waals surface area contributed by atoms with Crippen LogP contribution in [0.25, 0.3) is 0 Å². The Balaban J connectivity index is 0.00000139. The second-order valence-corrected chi connectivity index (χ2v) is 4.83. The molecular formula is C20H28O4. The molecule has 0 aromatic heterocycles. The van der Waals surface area contributed by atoms with Crippen molar-refractivity contribution in [3.05, 3.63) is 47.5 Å². The fraction of sp³-hybridized carbons (Fsp3) is 0.400. The van der Waals surface area contributed by atoms with Gasteiger partial charge in [0, 0.05) is 11.6 Å². The largest absolute Gasteiger partial charge is 0.496 e. The maximum Gasteiger partial charge on any atom is 0.230 e. The van der Waals surface area contributed by atoms with E-state index in [2.05, 4.69) is 6.92 Å². The highest BCUT2D eigenvalue weighted by molar-refractivity contribution is 5.44. The zero-order chi connectivity index (χ0) is 17.9. The molecule has 0 aliphatic rings. The van der Waals surface area contributed by atoms with E-state index in [1.54, 1.807) is 14.2 Å². The van der Waals surface area contributed by atoms with Crippen molar-refractivity contribution in [2.24, 2.45) is 0 Å². The zero-order valence-electron chi connectivity index (χ0n) is 15.5. The quantitative estimate of drug-likeness (QED) is 0.667. The molecule has 0 saturated heterocycles. The van der Waals surface area contributed by atoms with Crippen molar-refractivity contribution < 1.29 is 18.9 Å². The minimum Gasteiger partial charge on any atom is -0.496 e. The SMILES string of the molecule is CC.CCc1c(OC)cccc1OCOc1ccc(C)c(OC)c1. The molecule has 0 atom stereocenters. The summed E-state index contributed by atoms with van der Waals surface area (Å²) in [7, 11) is 3.31. The van der Waals surface area contributed by atoms with Gasteiger partial charge in [-0.2, -0.15) is 0 Å². The highest BCUT2D eigenvalue weighted by Gasteiger charge is 2.08. The first-order valence-electron chi connectivity index (χ1n) is 8.25. The molecule has 0 unspecified atom stereocenters. The van der Waals surface area contributed by atoms with E-state index < -0.39 is 0 Å². The van der Waals surface area contributed by atoms with E-state index in [9.17, 15) is 0 Å². The van der Waals surface area contributed by atoms with Crippen LogP contribution in [0.3, 0.4) is 0 Å². The van der Waals surface area contributed by atoms with Gasteiger partial charge in [0.1, 0.15) is 23.0 Å². The fourth-order valence-corrected chi connectivity index (χ4v) is 2.27. The summed E-state index contributed by atoms with van der Waals surface area (Å²) in [4.78, 5) is 0. The van der Waals surface area contributed by atoms with Gasteiger partial charge < -0.3 is 18.9 Å². The van der Waals surface area contributed by atoms with Crippen LogP contribution in [0.15, 0.2) is 36.4 Å². The van der Waals surface area contributed by atoms with E-state index in [0.29, 0.717) is 5.75 Å². The third-order valence-electron chi connectivity index (χ3n) is 3.48. The lowest BCUT2D eigenvalue weighted by Crippen LogP contribution is -2.07. The van der Waals surface area contributed by atoms with Gasteiger partial charge >= 0.3 is 0 Å². The molecule has 2 aromatic rings. The van der Waals surface area contributed by atoms with Gasteiger partial charge in [-0.05, 0) is 37.1 Å². The molecule has 0 bridgehead atoms. The van der Waals surface area contributed by atoms with Crippen molar-refractivity contribution in [3.63, 3.8) is 0 Å². The lowest BCUT2D eigenvalue weighted by molar-refractivity contribution is 0.118. The molecule has 2 aromatic carbocycles. The highest BCUT2D eigenvalue weighted by atomic mass is 16.7. The van der Waals surface area contributed by atoms with Crippen molar-refractivity contribution in [2.45, 2.75) is 34.1 Å². The van der Waals surface area contributed by atoms with Crippen LogP contribution in [0.5, 0.6) is 23.0 Å². The van der Waals surface area contributed by atoms with Crippen molar-refractivity contribution in [2.75, 3.05) is 21.0 Å². The molecule has 0 N–H and O–H groups in total. The summed E-state index contributed by atoms with van der Waals surface area (Å²) in [6, 6.07) is 11.5. The summed E-state index contributed by atoms with van der Waals surface area (Å²) in [5, 5.41) is 0. The second kappa shape index (κ2) is 10.4. The normalized spacial score (nSPS) is 9.58. The van der Waals surface area contributed by atoms with Crippen LogP contribution >= 0.6 is 0 Å². The van der Waals surface area contributed by atoms with E-state index >= 15 is 0 Å². The van der Waals surface area contributed by atoms with E-state index in [1.165, 1.54) is 0 Å². The van der Waals surface area contributed by atoms with Crippen molar-refractivity contribution in [3.8, 4) is 23.0 Å². The summed E-state index contributed by atoms with van der Waals surface area (Å²) in [6.07, 6.45) is 0.831. The first kappa shape index (κ1) is 19.7. The first-order chi connectivity index (χ1) is 11.7. The van der Waals surface area contributed by atoms with Crippen LogP contribution in [0.2, 0.25) is 0 Å². The minimum absolute atomic E-state index is 0.131. The summed E-state index contributed by atoms with van der Waals surface area (Å²) >= 11 is 0. The zero-order valence-corrected chi connectivity index (χ0v) is 15.5. The maximum atomic E-state index is 5.74. The third kappa shape index (κ3) is 5.08. The van der Waals surface area contributed by atoms with Crippen LogP contribution in [0, 0.1) is 6.92 Å². The maximum absolute atomic E-state index is 5.74. The third-order valence-corrected chi connectivity index (χ3v) is 3.48. The van der Waals surface area contributed by atoms with Crippen molar-refractivity contribution >= 4 is 0 Å². The Hall–Kier alpha value is -2.36. The number of ether oxygens (including phenoxy) is 4. The average Bonchev–Trinajstić information content (AvgIpc) is 2.64. The highest BCUT2D eigenvalue weighted by Crippen LogP contribution is 2.29. The fourth-order valence-electron chi connectivity index (χ4n) is 2.27. The number of methoxy groups -OCH3 is 2. The molecule has 0 radical (unpaired) electrons. The molecule has 0 saturated carbocycles. The van der Waals surface area contributed by atoms with Gasteiger partial charge in [-0.3, -0.25) is 0 Å². The van der Waals surface area contributed by atoms with E-state index in [0.717, 1.165) is 34.8 Å². The summed E-state index contributed by atoms with van der Waals surface area (Å²) in [5.74, 6) is 3.12. The summed E-state index contributed by atoms with van der Waals surface area (Å²) < 4.78 is 22.0.